The zero-order valence-electron chi connectivity index (χ0n) is 9.74. The number of aldehydes is 1. The Morgan fingerprint density at radius 1 is 1.47 bits per heavy atom. The van der Waals surface area contributed by atoms with Crippen LogP contribution >= 0.6 is 15.9 Å². The number of carbonyl (C=O) groups excluding carboxylic acids is 1. The third-order valence-corrected chi connectivity index (χ3v) is 3.40. The number of benzene rings is 1. The standard InChI is InChI=1S/C13H8BrFO4/c1-6-4-8(15)12(14)11(13(17)18)10(6)9-3-2-7(5-16)19-9/h2-5H,1H3,(H,17,18). The fourth-order valence-electron chi connectivity index (χ4n) is 1.82. The Kier molecular flexibility index (Phi) is 3.53. The van der Waals surface area contributed by atoms with Crippen molar-refractivity contribution < 1.29 is 23.5 Å². The molecule has 0 atom stereocenters. The summed E-state index contributed by atoms with van der Waals surface area (Å²) in [7, 11) is 0. The number of carboxylic acids is 1. The molecule has 1 aromatic carbocycles. The summed E-state index contributed by atoms with van der Waals surface area (Å²) in [6.07, 6.45) is 0.512. The first-order valence-corrected chi connectivity index (χ1v) is 6.02. The van der Waals surface area contributed by atoms with Crippen molar-refractivity contribution in [2.24, 2.45) is 0 Å². The van der Waals surface area contributed by atoms with E-state index in [1.807, 2.05) is 0 Å². The zero-order chi connectivity index (χ0) is 14.2. The second-order valence-electron chi connectivity index (χ2n) is 3.86. The molecule has 4 nitrogen and oxygen atoms in total. The third kappa shape index (κ3) is 2.31. The van der Waals surface area contributed by atoms with Crippen LogP contribution in [0.1, 0.15) is 26.5 Å². The van der Waals surface area contributed by atoms with Gasteiger partial charge in [0.15, 0.2) is 12.0 Å². The van der Waals surface area contributed by atoms with E-state index in [1.54, 1.807) is 6.92 Å². The molecule has 19 heavy (non-hydrogen) atoms. The minimum Gasteiger partial charge on any atom is -0.478 e. The summed E-state index contributed by atoms with van der Waals surface area (Å²) < 4.78 is 18.6. The minimum atomic E-state index is -1.28. The summed E-state index contributed by atoms with van der Waals surface area (Å²) in [5, 5.41) is 9.21. The smallest absolute Gasteiger partial charge is 0.337 e. The molecule has 0 fully saturated rings. The van der Waals surface area contributed by atoms with Gasteiger partial charge >= 0.3 is 5.97 Å². The maximum absolute atomic E-state index is 13.6. The Bertz CT molecular complexity index is 676. The highest BCUT2D eigenvalue weighted by atomic mass is 79.9. The summed E-state index contributed by atoms with van der Waals surface area (Å²) in [6, 6.07) is 4.10. The van der Waals surface area contributed by atoms with Crippen LogP contribution in [0.15, 0.2) is 27.1 Å². The van der Waals surface area contributed by atoms with E-state index in [0.29, 0.717) is 11.8 Å². The van der Waals surface area contributed by atoms with Crippen molar-refractivity contribution in [3.63, 3.8) is 0 Å². The maximum Gasteiger partial charge on any atom is 0.337 e. The molecular weight excluding hydrogens is 319 g/mol. The van der Waals surface area contributed by atoms with Gasteiger partial charge in [-0.15, -0.1) is 0 Å². The summed E-state index contributed by atoms with van der Waals surface area (Å²) >= 11 is 2.92. The van der Waals surface area contributed by atoms with Crippen molar-refractivity contribution in [1.82, 2.24) is 0 Å². The quantitative estimate of drug-likeness (QED) is 0.874. The molecule has 0 radical (unpaired) electrons. The number of hydrogen-bond donors (Lipinski definition) is 1. The molecule has 1 N–H and O–H groups in total. The van der Waals surface area contributed by atoms with Crippen molar-refractivity contribution in [2.75, 3.05) is 0 Å². The predicted octanol–water partition coefficient (Wildman–Crippen LogP) is 3.67. The van der Waals surface area contributed by atoms with Gasteiger partial charge in [-0.05, 0) is 46.6 Å². The lowest BCUT2D eigenvalue weighted by Crippen LogP contribution is -2.04. The minimum absolute atomic E-state index is 0.0752. The highest BCUT2D eigenvalue weighted by Gasteiger charge is 2.23. The van der Waals surface area contributed by atoms with Crippen LogP contribution in [0.5, 0.6) is 0 Å². The number of furan rings is 1. The second-order valence-corrected chi connectivity index (χ2v) is 4.66. The molecule has 1 heterocycles. The van der Waals surface area contributed by atoms with Crippen LogP contribution < -0.4 is 0 Å². The highest BCUT2D eigenvalue weighted by molar-refractivity contribution is 9.10. The van der Waals surface area contributed by atoms with E-state index in [4.69, 9.17) is 4.42 Å². The van der Waals surface area contributed by atoms with Gasteiger partial charge in [-0.25, -0.2) is 9.18 Å². The van der Waals surface area contributed by atoms with Crippen LogP contribution in [0.25, 0.3) is 11.3 Å². The lowest BCUT2D eigenvalue weighted by Gasteiger charge is -2.10. The van der Waals surface area contributed by atoms with Gasteiger partial charge in [0.05, 0.1) is 10.0 Å². The Balaban J connectivity index is 2.78. The molecular formula is C13H8BrFO4. The normalized spacial score (nSPS) is 10.5. The lowest BCUT2D eigenvalue weighted by atomic mass is 9.99. The molecule has 0 aliphatic rings. The van der Waals surface area contributed by atoms with Gasteiger partial charge in [-0.3, -0.25) is 4.79 Å². The number of aryl methyl sites for hydroxylation is 1. The van der Waals surface area contributed by atoms with E-state index in [0.717, 1.165) is 0 Å². The summed E-state index contributed by atoms with van der Waals surface area (Å²) in [5.74, 6) is -1.67. The first-order valence-electron chi connectivity index (χ1n) is 5.23. The molecule has 98 valence electrons. The average Bonchev–Trinajstić information content (AvgIpc) is 2.81. The van der Waals surface area contributed by atoms with Crippen molar-refractivity contribution in [1.29, 1.82) is 0 Å². The number of aromatic carboxylic acids is 1. The van der Waals surface area contributed by atoms with Gasteiger partial charge in [0.25, 0.3) is 0 Å². The van der Waals surface area contributed by atoms with Crippen LogP contribution in [0.4, 0.5) is 4.39 Å². The number of carbonyl (C=O) groups is 2. The van der Waals surface area contributed by atoms with Crippen molar-refractivity contribution in [2.45, 2.75) is 6.92 Å². The fraction of sp³-hybridized carbons (Fsp3) is 0.0769. The average molecular weight is 327 g/mol. The van der Waals surface area contributed by atoms with Crippen LogP contribution in [0.2, 0.25) is 0 Å². The van der Waals surface area contributed by atoms with Crippen LogP contribution in [-0.4, -0.2) is 17.4 Å². The molecule has 2 rings (SSSR count). The van der Waals surface area contributed by atoms with Gasteiger partial charge in [-0.2, -0.15) is 0 Å². The monoisotopic (exact) mass is 326 g/mol. The highest BCUT2D eigenvalue weighted by Crippen LogP contribution is 2.35. The van der Waals surface area contributed by atoms with Crippen molar-refractivity contribution in [3.8, 4) is 11.3 Å². The number of rotatable bonds is 3. The lowest BCUT2D eigenvalue weighted by molar-refractivity contribution is 0.0695. The van der Waals surface area contributed by atoms with Gasteiger partial charge < -0.3 is 9.52 Å². The molecule has 0 bridgehead atoms. The van der Waals surface area contributed by atoms with E-state index < -0.39 is 11.8 Å². The number of hydrogen-bond acceptors (Lipinski definition) is 3. The maximum atomic E-state index is 13.6. The molecule has 0 unspecified atom stereocenters. The van der Waals surface area contributed by atoms with E-state index in [2.05, 4.69) is 15.9 Å². The molecule has 2 aromatic rings. The van der Waals surface area contributed by atoms with E-state index in [-0.39, 0.29) is 27.1 Å². The van der Waals surface area contributed by atoms with Crippen LogP contribution in [0, 0.1) is 12.7 Å². The largest absolute Gasteiger partial charge is 0.478 e. The molecule has 0 aliphatic carbocycles. The Morgan fingerprint density at radius 3 is 2.68 bits per heavy atom. The van der Waals surface area contributed by atoms with E-state index in [9.17, 15) is 19.1 Å². The van der Waals surface area contributed by atoms with Gasteiger partial charge in [-0.1, -0.05) is 0 Å². The molecule has 0 saturated heterocycles. The fourth-order valence-corrected chi connectivity index (χ4v) is 2.30. The molecule has 6 heteroatoms. The topological polar surface area (TPSA) is 67.5 Å². The Labute approximate surface area is 116 Å². The van der Waals surface area contributed by atoms with Crippen LogP contribution in [-0.2, 0) is 0 Å². The predicted molar refractivity (Wildman–Crippen MR) is 68.9 cm³/mol. The van der Waals surface area contributed by atoms with E-state index in [1.165, 1.54) is 18.2 Å². The number of carboxylic acid groups (broad SMARTS) is 1. The van der Waals surface area contributed by atoms with Crippen LogP contribution in [0.3, 0.4) is 0 Å². The van der Waals surface area contributed by atoms with Crippen molar-refractivity contribution in [3.05, 3.63) is 45.4 Å². The zero-order valence-corrected chi connectivity index (χ0v) is 11.3. The molecule has 0 amide bonds. The van der Waals surface area contributed by atoms with Gasteiger partial charge in [0.1, 0.15) is 11.6 Å². The molecule has 0 spiro atoms. The molecule has 1 aromatic heterocycles. The summed E-state index contributed by atoms with van der Waals surface area (Å²) in [6.45, 7) is 1.57. The van der Waals surface area contributed by atoms with Crippen molar-refractivity contribution >= 4 is 28.2 Å². The third-order valence-electron chi connectivity index (χ3n) is 2.62. The molecule has 0 aliphatic heterocycles. The van der Waals surface area contributed by atoms with Gasteiger partial charge in [0.2, 0.25) is 0 Å². The van der Waals surface area contributed by atoms with Gasteiger partial charge in [0, 0.05) is 5.56 Å². The summed E-state index contributed by atoms with van der Waals surface area (Å²) in [5.41, 5.74) is 0.420. The Morgan fingerprint density at radius 2 is 2.16 bits per heavy atom. The summed E-state index contributed by atoms with van der Waals surface area (Å²) in [4.78, 5) is 21.9. The first kappa shape index (κ1) is 13.5. The second kappa shape index (κ2) is 4.97. The number of halogens is 2. The molecule has 0 saturated carbocycles. The SMILES string of the molecule is Cc1cc(F)c(Br)c(C(=O)O)c1-c1ccc(C=O)o1. The first-order chi connectivity index (χ1) is 8.95. The Hall–Kier alpha value is -1.95. The van der Waals surface area contributed by atoms with E-state index >= 15 is 0 Å².